The Bertz CT molecular complexity index is 810. The van der Waals surface area contributed by atoms with E-state index in [2.05, 4.69) is 10.3 Å². The summed E-state index contributed by atoms with van der Waals surface area (Å²) in [6.45, 7) is 1.64. The number of aromatic nitrogens is 1. The Morgan fingerprint density at radius 2 is 1.88 bits per heavy atom. The Morgan fingerprint density at radius 1 is 1.08 bits per heavy atom. The average molecular weight is 369 g/mol. The van der Waals surface area contributed by atoms with Crippen LogP contribution in [0.5, 0.6) is 0 Å². The summed E-state index contributed by atoms with van der Waals surface area (Å²) in [5, 5.41) is 3.71. The number of amides is 2. The first kappa shape index (κ1) is 17.2. The molecule has 0 unspecified atom stereocenters. The number of piperidine rings is 1. The molecule has 0 bridgehead atoms. The molecule has 2 aromatic heterocycles. The van der Waals surface area contributed by atoms with E-state index < -0.39 is 0 Å². The van der Waals surface area contributed by atoms with Crippen LogP contribution in [0.2, 0.25) is 0 Å². The van der Waals surface area contributed by atoms with Gasteiger partial charge in [0.1, 0.15) is 5.00 Å². The van der Waals surface area contributed by atoms with Gasteiger partial charge in [-0.3, -0.25) is 14.6 Å². The minimum atomic E-state index is -0.204. The number of fused-ring (bicyclic) bond motifs is 1. The average Bonchev–Trinajstić information content (AvgIpc) is 3.06. The molecule has 1 aliphatic carbocycles. The molecule has 2 aromatic rings. The number of anilines is 1. The van der Waals surface area contributed by atoms with Gasteiger partial charge < -0.3 is 10.2 Å². The first-order chi connectivity index (χ1) is 12.7. The van der Waals surface area contributed by atoms with Gasteiger partial charge in [0.05, 0.1) is 11.1 Å². The summed E-state index contributed by atoms with van der Waals surface area (Å²) in [6.07, 6.45) is 10.7. The van der Waals surface area contributed by atoms with Crippen LogP contribution in [0.3, 0.4) is 0 Å². The van der Waals surface area contributed by atoms with Crippen molar-refractivity contribution in [2.75, 3.05) is 18.4 Å². The number of aryl methyl sites for hydroxylation is 1. The molecule has 1 N–H and O–H groups in total. The molecule has 0 radical (unpaired) electrons. The second-order valence-corrected chi connectivity index (χ2v) is 8.07. The predicted octanol–water partition coefficient (Wildman–Crippen LogP) is 3.90. The lowest BCUT2D eigenvalue weighted by Gasteiger charge is -2.27. The molecule has 0 atom stereocenters. The fraction of sp³-hybridized carbons (Fsp3) is 0.450. The lowest BCUT2D eigenvalue weighted by molar-refractivity contribution is 0.0724. The standard InChI is InChI=1S/C20H23N3O2S/c24-18(14-7-6-10-21-13-14)22-19-17(15-8-2-3-9-16(15)26-19)20(25)23-11-4-1-5-12-23/h6-7,10,13H,1-5,8-9,11-12H2,(H,22,24). The van der Waals surface area contributed by atoms with Crippen LogP contribution in [0, 0.1) is 0 Å². The SMILES string of the molecule is O=C(Nc1sc2c(c1C(=O)N1CCCCC1)CCCC2)c1cccnc1. The first-order valence-electron chi connectivity index (χ1n) is 9.39. The van der Waals surface area contributed by atoms with Crippen molar-refractivity contribution in [2.45, 2.75) is 44.9 Å². The summed E-state index contributed by atoms with van der Waals surface area (Å²) in [5.74, 6) is -0.116. The van der Waals surface area contributed by atoms with Crippen LogP contribution in [-0.2, 0) is 12.8 Å². The van der Waals surface area contributed by atoms with E-state index in [1.54, 1.807) is 35.9 Å². The van der Waals surface area contributed by atoms with Gasteiger partial charge in [0.15, 0.2) is 0 Å². The number of rotatable bonds is 3. The molecule has 5 nitrogen and oxygen atoms in total. The number of nitrogens with one attached hydrogen (secondary N) is 1. The van der Waals surface area contributed by atoms with E-state index in [-0.39, 0.29) is 11.8 Å². The van der Waals surface area contributed by atoms with Crippen molar-refractivity contribution >= 4 is 28.2 Å². The van der Waals surface area contributed by atoms with Crippen LogP contribution in [0.4, 0.5) is 5.00 Å². The number of likely N-dealkylation sites (tertiary alicyclic amines) is 1. The number of hydrogen-bond donors (Lipinski definition) is 1. The Morgan fingerprint density at radius 3 is 2.65 bits per heavy atom. The molecule has 4 rings (SSSR count). The Kier molecular flexibility index (Phi) is 5.02. The number of carbonyl (C=O) groups excluding carboxylic acids is 2. The molecule has 2 aliphatic rings. The van der Waals surface area contributed by atoms with Crippen molar-refractivity contribution in [2.24, 2.45) is 0 Å². The monoisotopic (exact) mass is 369 g/mol. The van der Waals surface area contributed by atoms with Crippen molar-refractivity contribution in [1.82, 2.24) is 9.88 Å². The van der Waals surface area contributed by atoms with E-state index in [4.69, 9.17) is 0 Å². The van der Waals surface area contributed by atoms with Gasteiger partial charge in [-0.15, -0.1) is 11.3 Å². The molecule has 1 saturated heterocycles. The van der Waals surface area contributed by atoms with Crippen molar-refractivity contribution in [3.8, 4) is 0 Å². The fourth-order valence-electron chi connectivity index (χ4n) is 3.81. The summed E-state index contributed by atoms with van der Waals surface area (Å²) in [7, 11) is 0. The van der Waals surface area contributed by atoms with Gasteiger partial charge >= 0.3 is 0 Å². The van der Waals surface area contributed by atoms with Crippen molar-refractivity contribution < 1.29 is 9.59 Å². The molecule has 0 saturated carbocycles. The topological polar surface area (TPSA) is 62.3 Å². The highest BCUT2D eigenvalue weighted by Crippen LogP contribution is 2.39. The van der Waals surface area contributed by atoms with Gasteiger partial charge in [-0.25, -0.2) is 0 Å². The highest BCUT2D eigenvalue weighted by atomic mass is 32.1. The Balaban J connectivity index is 1.66. The number of nitrogens with zero attached hydrogens (tertiary/aromatic N) is 2. The van der Waals surface area contributed by atoms with Gasteiger partial charge in [-0.1, -0.05) is 0 Å². The molecule has 1 aliphatic heterocycles. The van der Waals surface area contributed by atoms with Gasteiger partial charge in [-0.2, -0.15) is 0 Å². The van der Waals surface area contributed by atoms with Crippen LogP contribution in [0.1, 0.15) is 63.3 Å². The Hall–Kier alpha value is -2.21. The minimum absolute atomic E-state index is 0.0885. The van der Waals surface area contributed by atoms with Crippen LogP contribution >= 0.6 is 11.3 Å². The third-order valence-electron chi connectivity index (χ3n) is 5.18. The number of hydrogen-bond acceptors (Lipinski definition) is 4. The Labute approximate surface area is 157 Å². The van der Waals surface area contributed by atoms with E-state index in [9.17, 15) is 9.59 Å². The van der Waals surface area contributed by atoms with E-state index in [0.717, 1.165) is 57.2 Å². The van der Waals surface area contributed by atoms with Crippen molar-refractivity contribution in [3.63, 3.8) is 0 Å². The molecule has 3 heterocycles. The normalized spacial score (nSPS) is 16.8. The quantitative estimate of drug-likeness (QED) is 0.892. The minimum Gasteiger partial charge on any atom is -0.339 e. The zero-order valence-corrected chi connectivity index (χ0v) is 15.6. The maximum atomic E-state index is 13.2. The first-order valence-corrected chi connectivity index (χ1v) is 10.2. The van der Waals surface area contributed by atoms with Gasteiger partial charge in [0, 0.05) is 30.4 Å². The summed E-state index contributed by atoms with van der Waals surface area (Å²) in [5.41, 5.74) is 2.41. The van der Waals surface area contributed by atoms with Crippen LogP contribution in [0.25, 0.3) is 0 Å². The van der Waals surface area contributed by atoms with E-state index >= 15 is 0 Å². The fourth-order valence-corrected chi connectivity index (χ4v) is 5.08. The molecule has 0 spiro atoms. The molecule has 136 valence electrons. The second-order valence-electron chi connectivity index (χ2n) is 6.96. The van der Waals surface area contributed by atoms with Crippen LogP contribution in [-0.4, -0.2) is 34.8 Å². The third-order valence-corrected chi connectivity index (χ3v) is 6.39. The number of pyridine rings is 1. The van der Waals surface area contributed by atoms with Gasteiger partial charge in [-0.05, 0) is 62.6 Å². The molecule has 26 heavy (non-hydrogen) atoms. The van der Waals surface area contributed by atoms with Gasteiger partial charge in [0.25, 0.3) is 11.8 Å². The maximum Gasteiger partial charge on any atom is 0.257 e. The number of carbonyl (C=O) groups is 2. The zero-order chi connectivity index (χ0) is 17.9. The maximum absolute atomic E-state index is 13.2. The number of thiophene rings is 1. The summed E-state index contributed by atoms with van der Waals surface area (Å²) < 4.78 is 0. The summed E-state index contributed by atoms with van der Waals surface area (Å²) in [4.78, 5) is 33.1. The van der Waals surface area contributed by atoms with E-state index in [1.807, 2.05) is 4.90 Å². The molecule has 2 amide bonds. The van der Waals surface area contributed by atoms with Crippen LogP contribution < -0.4 is 5.32 Å². The van der Waals surface area contributed by atoms with E-state index in [1.165, 1.54) is 16.9 Å². The smallest absolute Gasteiger partial charge is 0.257 e. The zero-order valence-electron chi connectivity index (χ0n) is 14.8. The lowest BCUT2D eigenvalue weighted by atomic mass is 9.94. The summed E-state index contributed by atoms with van der Waals surface area (Å²) in [6, 6.07) is 3.48. The molecule has 6 heteroatoms. The highest BCUT2D eigenvalue weighted by Gasteiger charge is 2.29. The molecule has 1 fully saturated rings. The predicted molar refractivity (Wildman–Crippen MR) is 103 cm³/mol. The van der Waals surface area contributed by atoms with Crippen molar-refractivity contribution in [1.29, 1.82) is 0 Å². The lowest BCUT2D eigenvalue weighted by Crippen LogP contribution is -2.36. The molecular weight excluding hydrogens is 346 g/mol. The van der Waals surface area contributed by atoms with Crippen LogP contribution in [0.15, 0.2) is 24.5 Å². The van der Waals surface area contributed by atoms with E-state index in [0.29, 0.717) is 10.6 Å². The molecule has 0 aromatic carbocycles. The van der Waals surface area contributed by atoms with Crippen molar-refractivity contribution in [3.05, 3.63) is 46.1 Å². The second kappa shape index (κ2) is 7.58. The third kappa shape index (κ3) is 3.38. The molecular formula is C20H23N3O2S. The van der Waals surface area contributed by atoms with Gasteiger partial charge in [0.2, 0.25) is 0 Å². The largest absolute Gasteiger partial charge is 0.339 e. The summed E-state index contributed by atoms with van der Waals surface area (Å²) >= 11 is 1.58. The highest BCUT2D eigenvalue weighted by molar-refractivity contribution is 7.17.